The van der Waals surface area contributed by atoms with Crippen molar-refractivity contribution in [2.45, 2.75) is 58.8 Å². The number of aromatic nitrogens is 6. The third-order valence-electron chi connectivity index (χ3n) is 8.13. The Morgan fingerprint density at radius 3 is 1.13 bits per heavy atom. The van der Waals surface area contributed by atoms with Gasteiger partial charge in [0.25, 0.3) is 0 Å². The van der Waals surface area contributed by atoms with Crippen molar-refractivity contribution in [2.75, 3.05) is 52.7 Å². The molecule has 53 heavy (non-hydrogen) atoms. The molecular weight excluding hydrogens is 674 g/mol. The molecule has 0 fully saturated rings. The SMILES string of the molecule is CCCCOc1cc(OCCCN)cc(-n2cc(-c3cc(OCCCN)cc(-c4cn(-c5cc(OCCCC)cc(OCCCN)c5)nn4)c3)nn2)c1. The maximum absolute atomic E-state index is 6.13. The highest BCUT2D eigenvalue weighted by molar-refractivity contribution is 5.71. The second-order valence-electron chi connectivity index (χ2n) is 12.5. The van der Waals surface area contributed by atoms with E-state index < -0.39 is 0 Å². The first kappa shape index (κ1) is 39.0. The first-order chi connectivity index (χ1) is 26.0. The minimum Gasteiger partial charge on any atom is -0.494 e. The van der Waals surface area contributed by atoms with Crippen LogP contribution in [0, 0.1) is 0 Å². The average molecular weight is 728 g/mol. The van der Waals surface area contributed by atoms with Crippen LogP contribution in [0.25, 0.3) is 33.9 Å². The van der Waals surface area contributed by atoms with Gasteiger partial charge in [-0.3, -0.25) is 0 Å². The van der Waals surface area contributed by atoms with Crippen molar-refractivity contribution < 1.29 is 23.7 Å². The van der Waals surface area contributed by atoms with Crippen LogP contribution in [0.5, 0.6) is 28.7 Å². The van der Waals surface area contributed by atoms with E-state index in [9.17, 15) is 0 Å². The van der Waals surface area contributed by atoms with Crippen LogP contribution in [0.2, 0.25) is 0 Å². The average Bonchev–Trinajstić information content (AvgIpc) is 3.87. The number of unbranched alkanes of at least 4 members (excludes halogenated alkanes) is 2. The lowest BCUT2D eigenvalue weighted by atomic mass is 10.1. The molecule has 5 aromatic rings. The molecule has 3 aromatic carbocycles. The molecule has 0 aliphatic heterocycles. The molecule has 0 unspecified atom stereocenters. The topological polar surface area (TPSA) is 186 Å². The predicted octanol–water partition coefficient (Wildman–Crippen LogP) is 5.72. The van der Waals surface area contributed by atoms with E-state index in [1.165, 1.54) is 0 Å². The molecule has 0 bridgehead atoms. The van der Waals surface area contributed by atoms with Crippen molar-refractivity contribution >= 4 is 0 Å². The summed E-state index contributed by atoms with van der Waals surface area (Å²) in [6.07, 6.45) is 9.90. The van der Waals surface area contributed by atoms with E-state index in [0.29, 0.717) is 99.2 Å². The second-order valence-corrected chi connectivity index (χ2v) is 12.5. The van der Waals surface area contributed by atoms with Gasteiger partial charge in [0.1, 0.15) is 40.1 Å². The van der Waals surface area contributed by atoms with E-state index in [2.05, 4.69) is 34.5 Å². The Hall–Kier alpha value is -5.18. The zero-order valence-electron chi connectivity index (χ0n) is 30.9. The Labute approximate surface area is 311 Å². The summed E-state index contributed by atoms with van der Waals surface area (Å²) < 4.78 is 33.6. The van der Waals surface area contributed by atoms with Crippen LogP contribution in [0.3, 0.4) is 0 Å². The van der Waals surface area contributed by atoms with Crippen LogP contribution >= 0.6 is 0 Å². The summed E-state index contributed by atoms with van der Waals surface area (Å²) in [5, 5.41) is 18.0. The van der Waals surface area contributed by atoms with Gasteiger partial charge in [0.15, 0.2) is 0 Å². The standard InChI is InChI=1S/C39H53N9O5/c1-3-5-13-49-34-21-31(23-36(25-34)52-16-8-11-41)47-27-38(43-45-47)29-18-30(20-33(19-29)51-15-7-10-40)39-28-48(46-44-39)32-22-35(50-14-6-4-2)26-37(24-32)53-17-9-12-42/h18-28H,3-17,40-42H2,1-2H3. The minimum absolute atomic E-state index is 0.467. The molecule has 0 aliphatic rings. The molecule has 0 amide bonds. The zero-order chi connectivity index (χ0) is 37.3. The van der Waals surface area contributed by atoms with Crippen molar-refractivity contribution in [2.24, 2.45) is 17.2 Å². The highest BCUT2D eigenvalue weighted by atomic mass is 16.5. The van der Waals surface area contributed by atoms with E-state index in [1.807, 2.05) is 67.0 Å². The molecule has 6 N–H and O–H groups in total. The van der Waals surface area contributed by atoms with Crippen molar-refractivity contribution in [1.82, 2.24) is 30.0 Å². The second kappa shape index (κ2) is 20.8. The van der Waals surface area contributed by atoms with Gasteiger partial charge in [-0.1, -0.05) is 37.1 Å². The summed E-state index contributed by atoms with van der Waals surface area (Å²) in [6, 6.07) is 17.3. The normalized spacial score (nSPS) is 11.1. The van der Waals surface area contributed by atoms with E-state index in [0.717, 1.165) is 61.0 Å². The van der Waals surface area contributed by atoms with Crippen LogP contribution in [-0.2, 0) is 0 Å². The highest BCUT2D eigenvalue weighted by Crippen LogP contribution is 2.33. The van der Waals surface area contributed by atoms with Gasteiger partial charge >= 0.3 is 0 Å². The molecule has 2 aromatic heterocycles. The van der Waals surface area contributed by atoms with Gasteiger partial charge in [0, 0.05) is 47.5 Å². The number of nitrogens with two attached hydrogens (primary N) is 3. The molecule has 284 valence electrons. The zero-order valence-corrected chi connectivity index (χ0v) is 30.9. The number of ether oxygens (including phenoxy) is 5. The molecule has 0 aliphatic carbocycles. The molecule has 0 spiro atoms. The van der Waals surface area contributed by atoms with Gasteiger partial charge in [0.2, 0.25) is 0 Å². The van der Waals surface area contributed by atoms with Gasteiger partial charge in [0.05, 0.1) is 56.8 Å². The largest absolute Gasteiger partial charge is 0.494 e. The smallest absolute Gasteiger partial charge is 0.125 e. The predicted molar refractivity (Wildman–Crippen MR) is 205 cm³/mol. The van der Waals surface area contributed by atoms with Gasteiger partial charge in [-0.15, -0.1) is 10.2 Å². The lowest BCUT2D eigenvalue weighted by Crippen LogP contribution is -2.07. The molecule has 5 rings (SSSR count). The molecule has 0 atom stereocenters. The van der Waals surface area contributed by atoms with Crippen LogP contribution in [0.15, 0.2) is 67.0 Å². The summed E-state index contributed by atoms with van der Waals surface area (Å²) in [5.41, 5.74) is 21.5. The molecule has 14 nitrogen and oxygen atoms in total. The van der Waals surface area contributed by atoms with Crippen LogP contribution in [0.4, 0.5) is 0 Å². The molecule has 0 saturated heterocycles. The van der Waals surface area contributed by atoms with E-state index in [4.69, 9.17) is 40.9 Å². The molecule has 14 heteroatoms. The van der Waals surface area contributed by atoms with Crippen molar-refractivity contribution in [3.05, 3.63) is 67.0 Å². The first-order valence-corrected chi connectivity index (χ1v) is 18.6. The highest BCUT2D eigenvalue weighted by Gasteiger charge is 2.15. The van der Waals surface area contributed by atoms with Gasteiger partial charge in [-0.25, -0.2) is 9.36 Å². The van der Waals surface area contributed by atoms with E-state index in [1.54, 1.807) is 9.36 Å². The molecule has 0 saturated carbocycles. The summed E-state index contributed by atoms with van der Waals surface area (Å²) in [5.74, 6) is 3.39. The number of rotatable bonds is 24. The number of nitrogens with zero attached hydrogens (tertiary/aromatic N) is 6. The van der Waals surface area contributed by atoms with Crippen LogP contribution < -0.4 is 40.9 Å². The van der Waals surface area contributed by atoms with Crippen molar-refractivity contribution in [1.29, 1.82) is 0 Å². The van der Waals surface area contributed by atoms with Crippen molar-refractivity contribution in [3.63, 3.8) is 0 Å². The summed E-state index contributed by atoms with van der Waals surface area (Å²) in [6.45, 7) is 8.56. The third kappa shape index (κ3) is 11.7. The number of benzene rings is 3. The maximum atomic E-state index is 6.13. The Morgan fingerprint density at radius 2 is 0.792 bits per heavy atom. The fourth-order valence-electron chi connectivity index (χ4n) is 5.22. The fourth-order valence-corrected chi connectivity index (χ4v) is 5.22. The minimum atomic E-state index is 0.467. The summed E-state index contributed by atoms with van der Waals surface area (Å²) in [4.78, 5) is 0. The Balaban J connectivity index is 1.46. The third-order valence-corrected chi connectivity index (χ3v) is 8.13. The Kier molecular flexibility index (Phi) is 15.3. The monoisotopic (exact) mass is 727 g/mol. The van der Waals surface area contributed by atoms with Crippen molar-refractivity contribution in [3.8, 4) is 62.6 Å². The summed E-state index contributed by atoms with van der Waals surface area (Å²) >= 11 is 0. The van der Waals surface area contributed by atoms with Gasteiger partial charge in [-0.05, 0) is 69.9 Å². The molecule has 2 heterocycles. The Bertz CT molecular complexity index is 1660. The van der Waals surface area contributed by atoms with E-state index >= 15 is 0 Å². The molecular formula is C39H53N9O5. The number of hydrogen-bond donors (Lipinski definition) is 3. The molecule has 0 radical (unpaired) electrons. The fraction of sp³-hybridized carbons (Fsp3) is 0.436. The Morgan fingerprint density at radius 1 is 0.453 bits per heavy atom. The lowest BCUT2D eigenvalue weighted by molar-refractivity contribution is 0.295. The quantitative estimate of drug-likeness (QED) is 0.0658. The number of hydrogen-bond acceptors (Lipinski definition) is 12. The van der Waals surface area contributed by atoms with Crippen LogP contribution in [0.1, 0.15) is 58.8 Å². The first-order valence-electron chi connectivity index (χ1n) is 18.6. The maximum Gasteiger partial charge on any atom is 0.125 e. The lowest BCUT2D eigenvalue weighted by Gasteiger charge is -2.12. The van der Waals surface area contributed by atoms with Gasteiger partial charge in [-0.2, -0.15) is 0 Å². The summed E-state index contributed by atoms with van der Waals surface area (Å²) in [7, 11) is 0. The van der Waals surface area contributed by atoms with Crippen LogP contribution in [-0.4, -0.2) is 82.7 Å². The van der Waals surface area contributed by atoms with Gasteiger partial charge < -0.3 is 40.9 Å². The van der Waals surface area contributed by atoms with E-state index in [-0.39, 0.29) is 0 Å².